The molecule has 0 unspecified atom stereocenters. The van der Waals surface area contributed by atoms with Crippen LogP contribution in [-0.4, -0.2) is 59.1 Å². The Hall–Kier alpha value is -2.98. The van der Waals surface area contributed by atoms with Gasteiger partial charge in [0.1, 0.15) is 18.5 Å². The lowest BCUT2D eigenvalue weighted by Gasteiger charge is -2.23. The third-order valence-electron chi connectivity index (χ3n) is 2.92. The van der Waals surface area contributed by atoms with E-state index in [1.165, 1.54) is 18.9 Å². The molecule has 0 saturated carbocycles. The van der Waals surface area contributed by atoms with Crippen LogP contribution in [0.1, 0.15) is 27.7 Å². The van der Waals surface area contributed by atoms with Crippen molar-refractivity contribution in [2.75, 3.05) is 36.9 Å². The van der Waals surface area contributed by atoms with Crippen molar-refractivity contribution in [1.29, 1.82) is 0 Å². The average Bonchev–Trinajstić information content (AvgIpc) is 2.48. The van der Waals surface area contributed by atoms with Crippen LogP contribution in [0.15, 0.2) is 6.33 Å². The van der Waals surface area contributed by atoms with Gasteiger partial charge in [-0.25, -0.2) is 9.97 Å². The molecule has 0 saturated heterocycles. The molecule has 1 heterocycles. The fourth-order valence-corrected chi connectivity index (χ4v) is 2.01. The quantitative estimate of drug-likeness (QED) is 0.294. The Morgan fingerprint density at radius 3 is 2.50 bits per heavy atom. The summed E-state index contributed by atoms with van der Waals surface area (Å²) in [5.74, 6) is -0.755. The molecule has 1 aromatic heterocycles. The summed E-state index contributed by atoms with van der Waals surface area (Å²) in [6.45, 7) is 6.88. The minimum atomic E-state index is -0.661. The highest BCUT2D eigenvalue weighted by Crippen LogP contribution is 2.30. The number of esters is 1. The zero-order valence-corrected chi connectivity index (χ0v) is 15.5. The van der Waals surface area contributed by atoms with Crippen LogP contribution in [0.25, 0.3) is 0 Å². The van der Waals surface area contributed by atoms with Crippen molar-refractivity contribution in [2.24, 2.45) is 0 Å². The summed E-state index contributed by atoms with van der Waals surface area (Å²) in [5, 5.41) is 16.8. The van der Waals surface area contributed by atoms with Gasteiger partial charge < -0.3 is 20.3 Å². The Kier molecular flexibility index (Phi) is 7.23. The van der Waals surface area contributed by atoms with Crippen molar-refractivity contribution in [3.63, 3.8) is 0 Å². The first-order valence-electron chi connectivity index (χ1n) is 7.92. The van der Waals surface area contributed by atoms with Gasteiger partial charge in [0.2, 0.25) is 17.5 Å². The molecule has 0 atom stereocenters. The van der Waals surface area contributed by atoms with Gasteiger partial charge in [-0.05, 0) is 20.8 Å². The molecule has 0 bridgehead atoms. The van der Waals surface area contributed by atoms with E-state index in [2.05, 4.69) is 20.6 Å². The van der Waals surface area contributed by atoms with Crippen LogP contribution < -0.4 is 15.5 Å². The van der Waals surface area contributed by atoms with Crippen molar-refractivity contribution in [1.82, 2.24) is 15.3 Å². The van der Waals surface area contributed by atoms with Crippen molar-refractivity contribution in [3.05, 3.63) is 16.4 Å². The molecule has 0 aliphatic rings. The number of carbonyl (C=O) groups excluding carboxylic acids is 2. The zero-order valence-electron chi connectivity index (χ0n) is 15.5. The monoisotopic (exact) mass is 368 g/mol. The molecular weight excluding hydrogens is 344 g/mol. The van der Waals surface area contributed by atoms with E-state index >= 15 is 0 Å². The number of anilines is 2. The Morgan fingerprint density at radius 2 is 1.96 bits per heavy atom. The second-order valence-corrected chi connectivity index (χ2v) is 6.50. The van der Waals surface area contributed by atoms with Gasteiger partial charge in [0.15, 0.2) is 0 Å². The molecule has 26 heavy (non-hydrogen) atoms. The first-order chi connectivity index (χ1) is 12.0. The van der Waals surface area contributed by atoms with Gasteiger partial charge in [-0.1, -0.05) is 0 Å². The van der Waals surface area contributed by atoms with Crippen LogP contribution in [0.2, 0.25) is 0 Å². The summed E-state index contributed by atoms with van der Waals surface area (Å²) in [4.78, 5) is 42.8. The Labute approximate surface area is 151 Å². The summed E-state index contributed by atoms with van der Waals surface area (Å²) in [5.41, 5.74) is -1.02. The van der Waals surface area contributed by atoms with Gasteiger partial charge in [0, 0.05) is 27.1 Å². The SMILES string of the molecule is CC(=O)NCCNc1ncnc(N(C)CC(=O)OC(C)(C)C)c1[N+](=O)[O-]. The smallest absolute Gasteiger partial charge is 0.353 e. The number of amides is 1. The number of nitrogens with one attached hydrogen (secondary N) is 2. The zero-order chi connectivity index (χ0) is 19.9. The molecule has 2 N–H and O–H groups in total. The molecule has 0 aliphatic carbocycles. The van der Waals surface area contributed by atoms with Gasteiger partial charge >= 0.3 is 11.7 Å². The maximum absolute atomic E-state index is 12.0. The van der Waals surface area contributed by atoms with Gasteiger partial charge in [0.25, 0.3) is 0 Å². The maximum Gasteiger partial charge on any atom is 0.353 e. The number of aromatic nitrogens is 2. The van der Waals surface area contributed by atoms with Gasteiger partial charge in [-0.2, -0.15) is 0 Å². The normalized spacial score (nSPS) is 10.8. The minimum Gasteiger partial charge on any atom is -0.459 e. The van der Waals surface area contributed by atoms with E-state index in [-0.39, 0.29) is 42.9 Å². The molecule has 0 aromatic carbocycles. The summed E-state index contributed by atoms with van der Waals surface area (Å²) in [6.07, 6.45) is 1.16. The number of rotatable bonds is 8. The molecule has 1 rings (SSSR count). The number of hydrogen-bond acceptors (Lipinski definition) is 9. The third-order valence-corrected chi connectivity index (χ3v) is 2.92. The van der Waals surface area contributed by atoms with E-state index in [1.807, 2.05) is 0 Å². The average molecular weight is 368 g/mol. The standard InChI is InChI=1S/C15H24N6O5/c1-10(22)16-6-7-17-13-12(21(24)25)14(19-9-18-13)20(5)8-11(23)26-15(2,3)4/h9H,6-8H2,1-5H3,(H,16,22)(H,17,18,19). The molecule has 0 aliphatic heterocycles. The summed E-state index contributed by atoms with van der Waals surface area (Å²) in [7, 11) is 1.50. The van der Waals surface area contributed by atoms with E-state index in [1.54, 1.807) is 20.8 Å². The topological polar surface area (TPSA) is 140 Å². The lowest BCUT2D eigenvalue weighted by atomic mass is 10.2. The molecule has 1 amide bonds. The van der Waals surface area contributed by atoms with Crippen LogP contribution in [-0.2, 0) is 14.3 Å². The molecule has 0 fully saturated rings. The number of nitro groups is 1. The van der Waals surface area contributed by atoms with Crippen molar-refractivity contribution in [3.8, 4) is 0 Å². The van der Waals surface area contributed by atoms with Crippen LogP contribution >= 0.6 is 0 Å². The molecule has 144 valence electrons. The third kappa shape index (κ3) is 6.87. The fourth-order valence-electron chi connectivity index (χ4n) is 2.01. The number of ether oxygens (including phenoxy) is 1. The van der Waals surface area contributed by atoms with Crippen LogP contribution in [0.3, 0.4) is 0 Å². The van der Waals surface area contributed by atoms with E-state index in [0.717, 1.165) is 6.33 Å². The maximum atomic E-state index is 12.0. The van der Waals surface area contributed by atoms with E-state index < -0.39 is 16.5 Å². The number of carbonyl (C=O) groups is 2. The van der Waals surface area contributed by atoms with Crippen molar-refractivity contribution < 1.29 is 19.2 Å². The molecule has 1 aromatic rings. The summed E-state index contributed by atoms with van der Waals surface area (Å²) in [6, 6.07) is 0. The minimum absolute atomic E-state index is 0.00129. The first kappa shape index (κ1) is 21.1. The highest BCUT2D eigenvalue weighted by atomic mass is 16.6. The highest BCUT2D eigenvalue weighted by molar-refractivity contribution is 5.79. The summed E-state index contributed by atoms with van der Waals surface area (Å²) >= 11 is 0. The van der Waals surface area contributed by atoms with Crippen molar-refractivity contribution >= 4 is 29.2 Å². The number of nitrogens with zero attached hydrogens (tertiary/aromatic N) is 4. The van der Waals surface area contributed by atoms with E-state index in [9.17, 15) is 19.7 Å². The first-order valence-corrected chi connectivity index (χ1v) is 7.92. The largest absolute Gasteiger partial charge is 0.459 e. The van der Waals surface area contributed by atoms with Crippen LogP contribution in [0.4, 0.5) is 17.3 Å². The second-order valence-electron chi connectivity index (χ2n) is 6.50. The summed E-state index contributed by atoms with van der Waals surface area (Å²) < 4.78 is 5.21. The predicted molar refractivity (Wildman–Crippen MR) is 95.0 cm³/mol. The van der Waals surface area contributed by atoms with Crippen LogP contribution in [0.5, 0.6) is 0 Å². The Balaban J connectivity index is 2.93. The molecule has 11 heteroatoms. The molecular formula is C15H24N6O5. The number of likely N-dealkylation sites (N-methyl/N-ethyl adjacent to an activating group) is 1. The molecule has 0 spiro atoms. The van der Waals surface area contributed by atoms with E-state index in [4.69, 9.17) is 4.74 Å². The van der Waals surface area contributed by atoms with Gasteiger partial charge in [-0.3, -0.25) is 19.7 Å². The lowest BCUT2D eigenvalue weighted by molar-refractivity contribution is -0.383. The number of hydrogen-bond donors (Lipinski definition) is 2. The van der Waals surface area contributed by atoms with Crippen LogP contribution in [0, 0.1) is 10.1 Å². The fraction of sp³-hybridized carbons (Fsp3) is 0.600. The lowest BCUT2D eigenvalue weighted by Crippen LogP contribution is -2.33. The van der Waals surface area contributed by atoms with Gasteiger partial charge in [-0.15, -0.1) is 0 Å². The van der Waals surface area contributed by atoms with E-state index in [0.29, 0.717) is 0 Å². The predicted octanol–water partition coefficient (Wildman–Crippen LogP) is 0.711. The molecule has 11 nitrogen and oxygen atoms in total. The Morgan fingerprint density at radius 1 is 1.31 bits per heavy atom. The molecule has 0 radical (unpaired) electrons. The highest BCUT2D eigenvalue weighted by Gasteiger charge is 2.27. The Bertz CT molecular complexity index is 673. The second kappa shape index (κ2) is 8.92. The van der Waals surface area contributed by atoms with Gasteiger partial charge in [0.05, 0.1) is 4.92 Å². The van der Waals surface area contributed by atoms with Crippen molar-refractivity contribution in [2.45, 2.75) is 33.3 Å².